The number of hydrogen-bond donors (Lipinski definition) is 1. The van der Waals surface area contributed by atoms with Crippen molar-refractivity contribution in [3.63, 3.8) is 0 Å². The van der Waals surface area contributed by atoms with Gasteiger partial charge in [0.25, 0.3) is 0 Å². The van der Waals surface area contributed by atoms with Crippen molar-refractivity contribution in [2.45, 2.75) is 33.1 Å². The van der Waals surface area contributed by atoms with Gasteiger partial charge < -0.3 is 0 Å². The highest BCUT2D eigenvalue weighted by molar-refractivity contribution is 9.10. The van der Waals surface area contributed by atoms with Gasteiger partial charge in [0, 0.05) is 5.39 Å². The van der Waals surface area contributed by atoms with Crippen LogP contribution in [0.15, 0.2) is 16.7 Å². The van der Waals surface area contributed by atoms with Gasteiger partial charge in [0.1, 0.15) is 4.60 Å². The molecule has 0 unspecified atom stereocenters. The normalized spacial score (nSPS) is 12.3. The van der Waals surface area contributed by atoms with Crippen molar-refractivity contribution < 1.29 is 0 Å². The predicted molar refractivity (Wildman–Crippen MR) is 67.2 cm³/mol. The lowest BCUT2D eigenvalue weighted by Crippen LogP contribution is -2.13. The molecule has 0 radical (unpaired) electrons. The van der Waals surface area contributed by atoms with Gasteiger partial charge in [-0.3, -0.25) is 5.10 Å². The molecule has 1 heterocycles. The highest BCUT2D eigenvalue weighted by atomic mass is 79.9. The van der Waals surface area contributed by atoms with Crippen molar-refractivity contribution in [2.75, 3.05) is 0 Å². The summed E-state index contributed by atoms with van der Waals surface area (Å²) in [6.07, 6.45) is 0. The molecule has 15 heavy (non-hydrogen) atoms. The second kappa shape index (κ2) is 3.34. The van der Waals surface area contributed by atoms with Crippen molar-refractivity contribution in [3.05, 3.63) is 27.9 Å². The third-order valence-corrected chi connectivity index (χ3v) is 3.21. The Hall–Kier alpha value is -0.830. The highest BCUT2D eigenvalue weighted by Crippen LogP contribution is 2.35. The molecule has 0 spiro atoms. The number of fused-ring (bicyclic) bond motifs is 1. The lowest BCUT2D eigenvalue weighted by Gasteiger charge is -2.22. The van der Waals surface area contributed by atoms with Crippen molar-refractivity contribution in [1.82, 2.24) is 10.2 Å². The maximum atomic E-state index is 4.26. The summed E-state index contributed by atoms with van der Waals surface area (Å²) in [6, 6.07) is 4.19. The number of aromatic amines is 1. The van der Waals surface area contributed by atoms with Gasteiger partial charge in [0.2, 0.25) is 0 Å². The van der Waals surface area contributed by atoms with E-state index in [0.717, 1.165) is 10.1 Å². The van der Waals surface area contributed by atoms with E-state index in [9.17, 15) is 0 Å². The summed E-state index contributed by atoms with van der Waals surface area (Å²) in [5.74, 6) is 0. The van der Waals surface area contributed by atoms with E-state index >= 15 is 0 Å². The second-order valence-electron chi connectivity index (χ2n) is 4.94. The Kier molecular flexibility index (Phi) is 2.38. The Morgan fingerprint density at radius 3 is 2.53 bits per heavy atom. The van der Waals surface area contributed by atoms with Gasteiger partial charge in [-0.1, -0.05) is 26.8 Å². The van der Waals surface area contributed by atoms with Crippen LogP contribution in [-0.4, -0.2) is 10.2 Å². The maximum Gasteiger partial charge on any atom is 0.109 e. The van der Waals surface area contributed by atoms with Crippen LogP contribution in [0.5, 0.6) is 0 Å². The molecule has 0 aliphatic rings. The highest BCUT2D eigenvalue weighted by Gasteiger charge is 2.21. The largest absolute Gasteiger partial charge is 0.270 e. The Morgan fingerprint density at radius 2 is 1.93 bits per heavy atom. The first-order valence-electron chi connectivity index (χ1n) is 5.05. The molecule has 0 amide bonds. The van der Waals surface area contributed by atoms with E-state index < -0.39 is 0 Å². The van der Waals surface area contributed by atoms with E-state index in [1.807, 2.05) is 0 Å². The number of aryl methyl sites for hydroxylation is 1. The summed E-state index contributed by atoms with van der Waals surface area (Å²) < 4.78 is 0.978. The van der Waals surface area contributed by atoms with Gasteiger partial charge in [-0.15, -0.1) is 0 Å². The third kappa shape index (κ3) is 1.69. The van der Waals surface area contributed by atoms with Gasteiger partial charge in [0.05, 0.1) is 5.52 Å². The Morgan fingerprint density at radius 1 is 1.27 bits per heavy atom. The summed E-state index contributed by atoms with van der Waals surface area (Å²) in [4.78, 5) is 0. The molecule has 2 nitrogen and oxygen atoms in total. The number of H-pyrrole nitrogens is 1. The first-order chi connectivity index (χ1) is 6.91. The first kappa shape index (κ1) is 10.7. The zero-order chi connectivity index (χ0) is 11.2. The van der Waals surface area contributed by atoms with E-state index in [-0.39, 0.29) is 5.41 Å². The fourth-order valence-corrected chi connectivity index (χ4v) is 2.63. The number of aromatic nitrogens is 2. The lowest BCUT2D eigenvalue weighted by molar-refractivity contribution is 0.592. The van der Waals surface area contributed by atoms with Crippen molar-refractivity contribution in [1.29, 1.82) is 0 Å². The van der Waals surface area contributed by atoms with Crippen LogP contribution < -0.4 is 0 Å². The molecule has 1 aromatic heterocycles. The third-order valence-electron chi connectivity index (χ3n) is 2.64. The van der Waals surface area contributed by atoms with E-state index in [2.05, 4.69) is 66.0 Å². The molecular formula is C12H15BrN2. The lowest BCUT2D eigenvalue weighted by atomic mass is 9.82. The Labute approximate surface area is 98.2 Å². The van der Waals surface area contributed by atoms with Gasteiger partial charge in [-0.2, -0.15) is 5.10 Å². The average Bonchev–Trinajstić information content (AvgIpc) is 2.46. The van der Waals surface area contributed by atoms with Crippen LogP contribution in [0.3, 0.4) is 0 Å². The molecule has 2 aromatic rings. The summed E-state index contributed by atoms with van der Waals surface area (Å²) in [7, 11) is 0. The van der Waals surface area contributed by atoms with Crippen LogP contribution in [0.4, 0.5) is 0 Å². The molecule has 0 saturated heterocycles. The van der Waals surface area contributed by atoms with Crippen molar-refractivity contribution in [3.8, 4) is 0 Å². The monoisotopic (exact) mass is 266 g/mol. The van der Waals surface area contributed by atoms with Crippen LogP contribution >= 0.6 is 15.9 Å². The van der Waals surface area contributed by atoms with Crippen LogP contribution in [0, 0.1) is 6.92 Å². The smallest absolute Gasteiger partial charge is 0.109 e. The second-order valence-corrected chi connectivity index (χ2v) is 5.73. The van der Waals surface area contributed by atoms with Gasteiger partial charge >= 0.3 is 0 Å². The minimum atomic E-state index is 0.135. The summed E-state index contributed by atoms with van der Waals surface area (Å²) in [5.41, 5.74) is 3.84. The summed E-state index contributed by atoms with van der Waals surface area (Å²) in [5, 5.41) is 8.46. The zero-order valence-corrected chi connectivity index (χ0v) is 11.1. The summed E-state index contributed by atoms with van der Waals surface area (Å²) >= 11 is 3.53. The number of nitrogens with zero attached hydrogens (tertiary/aromatic N) is 1. The quantitative estimate of drug-likeness (QED) is 0.769. The van der Waals surface area contributed by atoms with Crippen LogP contribution in [0.1, 0.15) is 31.9 Å². The van der Waals surface area contributed by atoms with Crippen molar-refractivity contribution >= 4 is 26.8 Å². The fraction of sp³-hybridized carbons (Fsp3) is 0.417. The molecule has 0 fully saturated rings. The number of nitrogens with one attached hydrogen (secondary N) is 1. The number of rotatable bonds is 0. The van der Waals surface area contributed by atoms with E-state index in [4.69, 9.17) is 0 Å². The van der Waals surface area contributed by atoms with Crippen molar-refractivity contribution in [2.24, 2.45) is 0 Å². The molecule has 2 rings (SSSR count). The van der Waals surface area contributed by atoms with Crippen LogP contribution in [-0.2, 0) is 5.41 Å². The Bertz CT molecular complexity index is 506. The summed E-state index contributed by atoms with van der Waals surface area (Å²) in [6.45, 7) is 8.84. The molecule has 80 valence electrons. The molecule has 0 atom stereocenters. The Balaban J connectivity index is 2.90. The molecule has 0 bridgehead atoms. The van der Waals surface area contributed by atoms with E-state index in [1.165, 1.54) is 16.5 Å². The molecule has 0 aliphatic heterocycles. The minimum absolute atomic E-state index is 0.135. The van der Waals surface area contributed by atoms with E-state index in [1.54, 1.807) is 0 Å². The average molecular weight is 267 g/mol. The van der Waals surface area contributed by atoms with Gasteiger partial charge in [0.15, 0.2) is 0 Å². The number of halogens is 1. The van der Waals surface area contributed by atoms with Crippen LogP contribution in [0.2, 0.25) is 0 Å². The number of hydrogen-bond acceptors (Lipinski definition) is 1. The predicted octanol–water partition coefficient (Wildman–Crippen LogP) is 3.93. The van der Waals surface area contributed by atoms with Gasteiger partial charge in [-0.25, -0.2) is 0 Å². The first-order valence-corrected chi connectivity index (χ1v) is 5.84. The van der Waals surface area contributed by atoms with E-state index in [0.29, 0.717) is 0 Å². The standard InChI is InChI=1S/C12H15BrN2/c1-7-5-6-8-9(11(13)15-14-8)10(7)12(2,3)4/h5-6H,1-4H3,(H,14,15). The van der Waals surface area contributed by atoms with Crippen LogP contribution in [0.25, 0.3) is 10.9 Å². The topological polar surface area (TPSA) is 28.7 Å². The molecule has 0 aliphatic carbocycles. The van der Waals surface area contributed by atoms with Gasteiger partial charge in [-0.05, 0) is 45.5 Å². The fourth-order valence-electron chi connectivity index (χ4n) is 2.14. The molecule has 1 N–H and O–H groups in total. The SMILES string of the molecule is Cc1ccc2n[nH]c(Br)c2c1C(C)(C)C. The molecular weight excluding hydrogens is 252 g/mol. The zero-order valence-electron chi connectivity index (χ0n) is 9.48. The maximum absolute atomic E-state index is 4.26. The molecule has 3 heteroatoms. The molecule has 0 saturated carbocycles. The molecule has 1 aromatic carbocycles. The minimum Gasteiger partial charge on any atom is -0.270 e. The number of benzene rings is 1.